The van der Waals surface area contributed by atoms with Crippen LogP contribution in [0.1, 0.15) is 47.9 Å². The first-order valence-corrected chi connectivity index (χ1v) is 11.5. The molecule has 0 radical (unpaired) electrons. The number of amidine groups is 1. The van der Waals surface area contributed by atoms with Crippen LogP contribution < -0.4 is 0 Å². The van der Waals surface area contributed by atoms with E-state index in [4.69, 9.17) is 15.0 Å². The van der Waals surface area contributed by atoms with E-state index >= 15 is 0 Å². The van der Waals surface area contributed by atoms with Gasteiger partial charge in [0.25, 0.3) is 0 Å². The molecule has 0 N–H and O–H groups in total. The topological polar surface area (TPSA) is 44.6 Å². The van der Waals surface area contributed by atoms with Gasteiger partial charge in [-0.3, -0.25) is 19.9 Å². The second-order valence-electron chi connectivity index (χ2n) is 8.89. The van der Waals surface area contributed by atoms with Gasteiger partial charge < -0.3 is 4.90 Å². The van der Waals surface area contributed by atoms with Crippen molar-refractivity contribution in [2.24, 2.45) is 4.99 Å². The zero-order valence-corrected chi connectivity index (χ0v) is 18.5. The summed E-state index contributed by atoms with van der Waals surface area (Å²) in [6.07, 6.45) is 14.9. The van der Waals surface area contributed by atoms with E-state index in [1.54, 1.807) is 0 Å². The van der Waals surface area contributed by atoms with Gasteiger partial charge in [0.05, 0.1) is 17.8 Å². The number of allylic oxidation sites excluding steroid dienone is 2. The van der Waals surface area contributed by atoms with Crippen molar-refractivity contribution in [2.45, 2.75) is 57.7 Å². The Bertz CT molecular complexity index is 1020. The molecule has 0 amide bonds. The summed E-state index contributed by atoms with van der Waals surface area (Å²) < 4.78 is 0. The Morgan fingerprint density at radius 2 is 2.00 bits per heavy atom. The van der Waals surface area contributed by atoms with Crippen molar-refractivity contribution in [1.29, 1.82) is 0 Å². The summed E-state index contributed by atoms with van der Waals surface area (Å²) >= 11 is 0. The summed E-state index contributed by atoms with van der Waals surface area (Å²) in [6, 6.07) is 11.6. The average molecular weight is 414 g/mol. The molecule has 0 bridgehead atoms. The van der Waals surface area contributed by atoms with Gasteiger partial charge in [-0.2, -0.15) is 0 Å². The molecule has 5 rings (SSSR count). The number of pyridine rings is 2. The molecule has 2 aromatic rings. The van der Waals surface area contributed by atoms with Gasteiger partial charge >= 0.3 is 0 Å². The molecule has 3 atom stereocenters. The average Bonchev–Trinajstić information content (AvgIpc) is 3.22. The Kier molecular flexibility index (Phi) is 5.68. The normalized spacial score (nSPS) is 25.5. The second kappa shape index (κ2) is 8.75. The minimum absolute atomic E-state index is 0.291. The summed E-state index contributed by atoms with van der Waals surface area (Å²) in [5.74, 6) is 1.10. The molecule has 31 heavy (non-hydrogen) atoms. The van der Waals surface area contributed by atoms with Gasteiger partial charge in [-0.05, 0) is 69.0 Å². The van der Waals surface area contributed by atoms with E-state index in [-0.39, 0.29) is 0 Å². The molecule has 0 aliphatic carbocycles. The molecule has 2 aromatic heterocycles. The second-order valence-corrected chi connectivity index (χ2v) is 8.89. The van der Waals surface area contributed by atoms with E-state index < -0.39 is 0 Å². The molecule has 0 saturated carbocycles. The summed E-state index contributed by atoms with van der Waals surface area (Å²) in [6.45, 7) is 6.21. The van der Waals surface area contributed by atoms with Crippen LogP contribution in [0, 0.1) is 13.8 Å². The summed E-state index contributed by atoms with van der Waals surface area (Å²) in [5.41, 5.74) is 4.77. The Labute approximate surface area is 185 Å². The van der Waals surface area contributed by atoms with Gasteiger partial charge in [0.15, 0.2) is 0 Å². The van der Waals surface area contributed by atoms with Gasteiger partial charge in [0, 0.05) is 49.3 Å². The quantitative estimate of drug-likeness (QED) is 0.729. The van der Waals surface area contributed by atoms with E-state index in [1.807, 2.05) is 12.3 Å². The molecule has 3 aliphatic rings. The summed E-state index contributed by atoms with van der Waals surface area (Å²) in [4.78, 5) is 19.7. The number of nitrogens with zero attached hydrogens (tertiary/aromatic N) is 5. The van der Waals surface area contributed by atoms with Crippen LogP contribution in [0.25, 0.3) is 0 Å². The zero-order valence-electron chi connectivity index (χ0n) is 18.5. The minimum Gasteiger partial charge on any atom is -0.331 e. The van der Waals surface area contributed by atoms with Crippen molar-refractivity contribution >= 4 is 5.84 Å². The van der Waals surface area contributed by atoms with E-state index in [0.717, 1.165) is 37.5 Å². The molecule has 5 heteroatoms. The number of rotatable bonds is 5. The highest BCUT2D eigenvalue weighted by molar-refractivity contribution is 5.96. The van der Waals surface area contributed by atoms with Crippen molar-refractivity contribution in [3.8, 4) is 0 Å². The lowest BCUT2D eigenvalue weighted by atomic mass is 9.88. The fraction of sp³-hybridized carbons (Fsp3) is 0.423. The highest BCUT2D eigenvalue weighted by Crippen LogP contribution is 2.38. The van der Waals surface area contributed by atoms with Crippen LogP contribution in [0.2, 0.25) is 0 Å². The number of piperidine rings is 1. The number of likely N-dealkylation sites (tertiary alicyclic amines) is 1. The largest absolute Gasteiger partial charge is 0.331 e. The predicted molar refractivity (Wildman–Crippen MR) is 125 cm³/mol. The third-order valence-corrected chi connectivity index (χ3v) is 6.78. The van der Waals surface area contributed by atoms with Crippen molar-refractivity contribution in [2.75, 3.05) is 13.1 Å². The monoisotopic (exact) mass is 413 g/mol. The van der Waals surface area contributed by atoms with Crippen LogP contribution in [0.15, 0.2) is 65.9 Å². The maximum atomic E-state index is 5.13. The lowest BCUT2D eigenvalue weighted by molar-refractivity contribution is 0.0652. The van der Waals surface area contributed by atoms with Crippen molar-refractivity contribution in [3.05, 3.63) is 83.6 Å². The minimum atomic E-state index is 0.291. The van der Waals surface area contributed by atoms with Crippen LogP contribution in [-0.4, -0.2) is 50.8 Å². The number of fused-ring (bicyclic) bond motifs is 1. The fourth-order valence-corrected chi connectivity index (χ4v) is 5.30. The summed E-state index contributed by atoms with van der Waals surface area (Å²) in [5, 5.41) is 0. The molecule has 0 spiro atoms. The first-order valence-electron chi connectivity index (χ1n) is 11.5. The number of hydrogen-bond donors (Lipinski definition) is 0. The molecular weight excluding hydrogens is 382 g/mol. The van der Waals surface area contributed by atoms with Crippen LogP contribution in [0.4, 0.5) is 0 Å². The Morgan fingerprint density at radius 1 is 1.06 bits per heavy atom. The maximum absolute atomic E-state index is 5.13. The van der Waals surface area contributed by atoms with Crippen molar-refractivity contribution in [3.63, 3.8) is 0 Å². The fourth-order valence-electron chi connectivity index (χ4n) is 5.30. The van der Waals surface area contributed by atoms with Gasteiger partial charge in [-0.15, -0.1) is 0 Å². The third-order valence-electron chi connectivity index (χ3n) is 6.78. The Balaban J connectivity index is 1.44. The molecule has 1 saturated heterocycles. The number of hydrogen-bond acceptors (Lipinski definition) is 5. The molecular formula is C26H31N5. The standard InChI is InChI=1S/C26H31N5/c1-19-8-7-15-27-26(19)24-12-6-11-23(22-18-30-16-4-3-13-25(30)29-22)31(24)17-14-21-10-5-9-20(2)28-21/h3-5,7-10,13,15-16,22-24H,6,11-12,14,17-18H2,1-2H3/t22?,23-,24+/m1/s1. The SMILES string of the molecule is Cc1cccc(CCN2[C@@H](C3CN4C=CC=CC4=N3)CCC[C@H]2c2ncccc2C)n1. The highest BCUT2D eigenvalue weighted by atomic mass is 15.3. The lowest BCUT2D eigenvalue weighted by Crippen LogP contribution is -2.50. The molecule has 1 unspecified atom stereocenters. The van der Waals surface area contributed by atoms with Crippen LogP contribution in [0.5, 0.6) is 0 Å². The van der Waals surface area contributed by atoms with E-state index in [1.165, 1.54) is 29.8 Å². The molecule has 160 valence electrons. The molecule has 1 fully saturated rings. The van der Waals surface area contributed by atoms with Crippen LogP contribution in [-0.2, 0) is 6.42 Å². The first-order chi connectivity index (χ1) is 15.2. The van der Waals surface area contributed by atoms with E-state index in [2.05, 4.69) is 72.3 Å². The molecule has 5 nitrogen and oxygen atoms in total. The number of aromatic nitrogens is 2. The molecule has 0 aromatic carbocycles. The van der Waals surface area contributed by atoms with Gasteiger partial charge in [-0.1, -0.05) is 18.2 Å². The lowest BCUT2D eigenvalue weighted by Gasteiger charge is -2.44. The highest BCUT2D eigenvalue weighted by Gasteiger charge is 2.39. The maximum Gasteiger partial charge on any atom is 0.127 e. The van der Waals surface area contributed by atoms with E-state index in [0.29, 0.717) is 18.1 Å². The first kappa shape index (κ1) is 20.1. The van der Waals surface area contributed by atoms with Crippen molar-refractivity contribution < 1.29 is 0 Å². The van der Waals surface area contributed by atoms with Crippen molar-refractivity contribution in [1.82, 2.24) is 19.8 Å². The summed E-state index contributed by atoms with van der Waals surface area (Å²) in [7, 11) is 0. The molecule has 3 aliphatic heterocycles. The van der Waals surface area contributed by atoms with Crippen LogP contribution in [0.3, 0.4) is 0 Å². The predicted octanol–water partition coefficient (Wildman–Crippen LogP) is 4.40. The van der Waals surface area contributed by atoms with E-state index in [9.17, 15) is 0 Å². The zero-order chi connectivity index (χ0) is 21.2. The third kappa shape index (κ3) is 4.19. The molecule has 5 heterocycles. The van der Waals surface area contributed by atoms with Gasteiger partial charge in [0.1, 0.15) is 5.84 Å². The Hall–Kier alpha value is -2.79. The smallest absolute Gasteiger partial charge is 0.127 e. The Morgan fingerprint density at radius 3 is 2.84 bits per heavy atom. The number of aryl methyl sites for hydroxylation is 2. The van der Waals surface area contributed by atoms with Gasteiger partial charge in [0.2, 0.25) is 0 Å². The number of aliphatic imine (C=N–C) groups is 1. The van der Waals surface area contributed by atoms with Crippen LogP contribution >= 0.6 is 0 Å². The van der Waals surface area contributed by atoms with Gasteiger partial charge in [-0.25, -0.2) is 0 Å².